The van der Waals surface area contributed by atoms with Gasteiger partial charge in [0.2, 0.25) is 0 Å². The predicted molar refractivity (Wildman–Crippen MR) is 81.5 cm³/mol. The van der Waals surface area contributed by atoms with Gasteiger partial charge in [0.15, 0.2) is 0 Å². The quantitative estimate of drug-likeness (QED) is 0.717. The van der Waals surface area contributed by atoms with Crippen molar-refractivity contribution in [3.63, 3.8) is 0 Å². The molecule has 0 radical (unpaired) electrons. The van der Waals surface area contributed by atoms with Crippen LogP contribution in [0.4, 0.5) is 0 Å². The van der Waals surface area contributed by atoms with E-state index >= 15 is 0 Å². The van der Waals surface area contributed by atoms with Crippen LogP contribution in [0, 0.1) is 6.92 Å². The minimum Gasteiger partial charge on any atom is -0.314 e. The third kappa shape index (κ3) is 5.41. The number of halogens is 1. The SMILES string of the molecule is CCCCC(Cc1ccc(C)cc1Cl)NCCC. The Hall–Kier alpha value is -0.530. The summed E-state index contributed by atoms with van der Waals surface area (Å²) in [5.74, 6) is 0. The van der Waals surface area contributed by atoms with Crippen molar-refractivity contribution in [1.82, 2.24) is 5.32 Å². The minimum atomic E-state index is 0.560. The molecule has 0 bridgehead atoms. The normalized spacial score (nSPS) is 12.7. The van der Waals surface area contributed by atoms with Gasteiger partial charge in [0.1, 0.15) is 0 Å². The first-order chi connectivity index (χ1) is 8.67. The van der Waals surface area contributed by atoms with Crippen LogP contribution in [0.2, 0.25) is 5.02 Å². The van der Waals surface area contributed by atoms with Crippen molar-refractivity contribution in [2.75, 3.05) is 6.54 Å². The van der Waals surface area contributed by atoms with Crippen molar-refractivity contribution in [2.45, 2.75) is 58.9 Å². The topological polar surface area (TPSA) is 12.0 Å². The highest BCUT2D eigenvalue weighted by Gasteiger charge is 2.10. The first kappa shape index (κ1) is 15.5. The molecule has 102 valence electrons. The second-order valence-electron chi connectivity index (χ2n) is 5.09. The number of hydrogen-bond donors (Lipinski definition) is 1. The molecule has 0 fully saturated rings. The van der Waals surface area contributed by atoms with Crippen molar-refractivity contribution < 1.29 is 0 Å². The van der Waals surface area contributed by atoms with E-state index in [9.17, 15) is 0 Å². The van der Waals surface area contributed by atoms with E-state index in [0.29, 0.717) is 6.04 Å². The van der Waals surface area contributed by atoms with Crippen LogP contribution in [0.5, 0.6) is 0 Å². The van der Waals surface area contributed by atoms with Crippen molar-refractivity contribution in [3.05, 3.63) is 34.3 Å². The molecule has 0 saturated carbocycles. The van der Waals surface area contributed by atoms with Gasteiger partial charge in [-0.2, -0.15) is 0 Å². The third-order valence-electron chi connectivity index (χ3n) is 3.26. The van der Waals surface area contributed by atoms with E-state index in [1.54, 1.807) is 0 Å². The van der Waals surface area contributed by atoms with Gasteiger partial charge in [-0.3, -0.25) is 0 Å². The molecule has 1 nitrogen and oxygen atoms in total. The summed E-state index contributed by atoms with van der Waals surface area (Å²) in [5, 5.41) is 4.55. The molecule has 18 heavy (non-hydrogen) atoms. The van der Waals surface area contributed by atoms with E-state index in [0.717, 1.165) is 18.0 Å². The molecule has 1 atom stereocenters. The van der Waals surface area contributed by atoms with E-state index in [1.807, 2.05) is 0 Å². The summed E-state index contributed by atoms with van der Waals surface area (Å²) in [6.45, 7) is 7.63. The number of aryl methyl sites for hydroxylation is 1. The Labute approximate surface area is 117 Å². The van der Waals surface area contributed by atoms with Crippen LogP contribution in [-0.2, 0) is 6.42 Å². The molecular weight excluding hydrogens is 242 g/mol. The lowest BCUT2D eigenvalue weighted by molar-refractivity contribution is 0.462. The summed E-state index contributed by atoms with van der Waals surface area (Å²) in [7, 11) is 0. The molecule has 1 unspecified atom stereocenters. The van der Waals surface area contributed by atoms with Crippen LogP contribution in [0.15, 0.2) is 18.2 Å². The Morgan fingerprint density at radius 2 is 2.00 bits per heavy atom. The number of unbranched alkanes of at least 4 members (excludes halogenated alkanes) is 1. The van der Waals surface area contributed by atoms with Gasteiger partial charge in [-0.15, -0.1) is 0 Å². The van der Waals surface area contributed by atoms with Crippen molar-refractivity contribution >= 4 is 11.6 Å². The van der Waals surface area contributed by atoms with Crippen molar-refractivity contribution in [1.29, 1.82) is 0 Å². The molecule has 0 aromatic heterocycles. The molecule has 1 aromatic rings. The molecule has 0 amide bonds. The number of nitrogens with one attached hydrogen (secondary N) is 1. The maximum atomic E-state index is 6.31. The monoisotopic (exact) mass is 267 g/mol. The molecule has 0 saturated heterocycles. The van der Waals surface area contributed by atoms with Gasteiger partial charge in [-0.1, -0.05) is 50.4 Å². The highest BCUT2D eigenvalue weighted by molar-refractivity contribution is 6.31. The van der Waals surface area contributed by atoms with Crippen LogP contribution in [0.3, 0.4) is 0 Å². The standard InChI is InChI=1S/C16H26ClN/c1-4-6-7-15(18-10-5-2)12-14-9-8-13(3)11-16(14)17/h8-9,11,15,18H,4-7,10,12H2,1-3H3. The van der Waals surface area contributed by atoms with E-state index in [2.05, 4.69) is 44.3 Å². The lowest BCUT2D eigenvalue weighted by atomic mass is 10.00. The van der Waals surface area contributed by atoms with Gasteiger partial charge in [-0.05, 0) is 49.9 Å². The summed E-state index contributed by atoms with van der Waals surface area (Å²) in [6, 6.07) is 6.94. The largest absolute Gasteiger partial charge is 0.314 e. The molecule has 0 aliphatic heterocycles. The first-order valence-electron chi connectivity index (χ1n) is 7.15. The molecular formula is C16H26ClN. The Bertz CT molecular complexity index is 341. The molecule has 1 N–H and O–H groups in total. The lowest BCUT2D eigenvalue weighted by Crippen LogP contribution is -2.31. The fraction of sp³-hybridized carbons (Fsp3) is 0.625. The van der Waals surface area contributed by atoms with Crippen LogP contribution in [0.1, 0.15) is 50.7 Å². The minimum absolute atomic E-state index is 0.560. The van der Waals surface area contributed by atoms with E-state index < -0.39 is 0 Å². The molecule has 0 aliphatic carbocycles. The zero-order valence-electron chi connectivity index (χ0n) is 11.9. The maximum absolute atomic E-state index is 6.31. The molecule has 1 aromatic carbocycles. The first-order valence-corrected chi connectivity index (χ1v) is 7.53. The molecule has 0 heterocycles. The van der Waals surface area contributed by atoms with Gasteiger partial charge in [0.25, 0.3) is 0 Å². The fourth-order valence-electron chi connectivity index (χ4n) is 2.16. The van der Waals surface area contributed by atoms with Crippen LogP contribution >= 0.6 is 11.6 Å². The zero-order chi connectivity index (χ0) is 13.4. The second-order valence-corrected chi connectivity index (χ2v) is 5.50. The molecule has 0 aliphatic rings. The van der Waals surface area contributed by atoms with Crippen LogP contribution in [-0.4, -0.2) is 12.6 Å². The van der Waals surface area contributed by atoms with E-state index in [4.69, 9.17) is 11.6 Å². The van der Waals surface area contributed by atoms with Crippen molar-refractivity contribution in [3.8, 4) is 0 Å². The number of hydrogen-bond acceptors (Lipinski definition) is 1. The van der Waals surface area contributed by atoms with Gasteiger partial charge in [0.05, 0.1) is 0 Å². The summed E-state index contributed by atoms with van der Waals surface area (Å²) in [5.41, 5.74) is 2.50. The Morgan fingerprint density at radius 1 is 1.22 bits per heavy atom. The zero-order valence-corrected chi connectivity index (χ0v) is 12.7. The summed E-state index contributed by atoms with van der Waals surface area (Å²) >= 11 is 6.31. The molecule has 0 spiro atoms. The summed E-state index contributed by atoms with van der Waals surface area (Å²) in [6.07, 6.45) is 6.00. The Balaban J connectivity index is 2.62. The number of benzene rings is 1. The fourth-order valence-corrected chi connectivity index (χ4v) is 2.47. The van der Waals surface area contributed by atoms with E-state index in [1.165, 1.54) is 36.8 Å². The van der Waals surface area contributed by atoms with Crippen LogP contribution in [0.25, 0.3) is 0 Å². The maximum Gasteiger partial charge on any atom is 0.0441 e. The Morgan fingerprint density at radius 3 is 2.61 bits per heavy atom. The third-order valence-corrected chi connectivity index (χ3v) is 3.62. The second kappa shape index (κ2) is 8.55. The predicted octanol–water partition coefficient (Wildman–Crippen LogP) is 4.75. The smallest absolute Gasteiger partial charge is 0.0441 e. The van der Waals surface area contributed by atoms with Gasteiger partial charge in [-0.25, -0.2) is 0 Å². The van der Waals surface area contributed by atoms with Crippen molar-refractivity contribution in [2.24, 2.45) is 0 Å². The molecule has 2 heteroatoms. The average molecular weight is 268 g/mol. The lowest BCUT2D eigenvalue weighted by Gasteiger charge is -2.19. The molecule has 1 rings (SSSR count). The van der Waals surface area contributed by atoms with E-state index in [-0.39, 0.29) is 0 Å². The van der Waals surface area contributed by atoms with Gasteiger partial charge >= 0.3 is 0 Å². The summed E-state index contributed by atoms with van der Waals surface area (Å²) in [4.78, 5) is 0. The van der Waals surface area contributed by atoms with Crippen LogP contribution < -0.4 is 5.32 Å². The average Bonchev–Trinajstić information content (AvgIpc) is 2.35. The highest BCUT2D eigenvalue weighted by atomic mass is 35.5. The van der Waals surface area contributed by atoms with Gasteiger partial charge < -0.3 is 5.32 Å². The highest BCUT2D eigenvalue weighted by Crippen LogP contribution is 2.20. The number of rotatable bonds is 8. The Kier molecular flexibility index (Phi) is 7.38. The summed E-state index contributed by atoms with van der Waals surface area (Å²) < 4.78 is 0. The van der Waals surface area contributed by atoms with Gasteiger partial charge in [0, 0.05) is 11.1 Å².